The molecule has 110 valence electrons. The summed E-state index contributed by atoms with van der Waals surface area (Å²) in [6.45, 7) is 1.92. The number of nitrogens with two attached hydrogens (primary N) is 1. The molecule has 1 heterocycles. The van der Waals surface area contributed by atoms with Crippen LogP contribution in [0.15, 0.2) is 28.7 Å². The molecule has 0 amide bonds. The van der Waals surface area contributed by atoms with E-state index in [4.69, 9.17) is 5.73 Å². The predicted octanol–water partition coefficient (Wildman–Crippen LogP) is 2.76. The van der Waals surface area contributed by atoms with Gasteiger partial charge in [0, 0.05) is 29.3 Å². The molecule has 4 heteroatoms. The van der Waals surface area contributed by atoms with Gasteiger partial charge >= 0.3 is 0 Å². The van der Waals surface area contributed by atoms with Gasteiger partial charge in [0.2, 0.25) is 0 Å². The fourth-order valence-corrected chi connectivity index (χ4v) is 3.70. The molecule has 2 fully saturated rings. The van der Waals surface area contributed by atoms with Crippen molar-refractivity contribution in [2.24, 2.45) is 17.6 Å². The molecule has 3 N–H and O–H groups in total. The van der Waals surface area contributed by atoms with Gasteiger partial charge in [0.15, 0.2) is 0 Å². The molecule has 1 saturated carbocycles. The van der Waals surface area contributed by atoms with Gasteiger partial charge < -0.3 is 15.7 Å². The molecule has 1 aromatic carbocycles. The van der Waals surface area contributed by atoms with Gasteiger partial charge in [0.25, 0.3) is 0 Å². The molecule has 0 aromatic heterocycles. The summed E-state index contributed by atoms with van der Waals surface area (Å²) in [6, 6.07) is 8.60. The number of hydrogen-bond donors (Lipinski definition) is 2. The van der Waals surface area contributed by atoms with E-state index in [9.17, 15) is 5.11 Å². The molecule has 1 aliphatic heterocycles. The number of hydrogen-bond acceptors (Lipinski definition) is 3. The van der Waals surface area contributed by atoms with Gasteiger partial charge in [-0.3, -0.25) is 0 Å². The summed E-state index contributed by atoms with van der Waals surface area (Å²) in [5, 5.41) is 10.2. The Balaban J connectivity index is 1.66. The second-order valence-electron chi connectivity index (χ2n) is 6.39. The number of rotatable bonds is 4. The van der Waals surface area contributed by atoms with E-state index < -0.39 is 0 Å². The van der Waals surface area contributed by atoms with E-state index in [0.29, 0.717) is 11.8 Å². The number of aliphatic hydroxyl groups excluding tert-OH is 1. The fourth-order valence-electron chi connectivity index (χ4n) is 3.32. The summed E-state index contributed by atoms with van der Waals surface area (Å²) in [7, 11) is 0. The fraction of sp³-hybridized carbons (Fsp3) is 0.625. The van der Waals surface area contributed by atoms with Crippen LogP contribution in [-0.2, 0) is 0 Å². The molecule has 0 radical (unpaired) electrons. The predicted molar refractivity (Wildman–Crippen MR) is 85.8 cm³/mol. The minimum Gasteiger partial charge on any atom is -0.393 e. The molecule has 3 nitrogen and oxygen atoms in total. The smallest absolute Gasteiger partial charge is 0.0571 e. The molecule has 2 aliphatic rings. The number of benzene rings is 1. The summed E-state index contributed by atoms with van der Waals surface area (Å²) in [4.78, 5) is 2.36. The minimum absolute atomic E-state index is 0.116. The van der Waals surface area contributed by atoms with Crippen molar-refractivity contribution < 1.29 is 5.11 Å². The van der Waals surface area contributed by atoms with Crippen molar-refractivity contribution in [3.8, 4) is 0 Å². The molecule has 1 aromatic rings. The first-order chi connectivity index (χ1) is 9.61. The Labute approximate surface area is 129 Å². The summed E-state index contributed by atoms with van der Waals surface area (Å²) in [5.74, 6) is 1.07. The maximum atomic E-state index is 10.2. The molecule has 0 bridgehead atoms. The zero-order chi connectivity index (χ0) is 14.1. The summed E-state index contributed by atoms with van der Waals surface area (Å²) < 4.78 is 1.10. The lowest BCUT2D eigenvalue weighted by molar-refractivity contribution is 0.114. The van der Waals surface area contributed by atoms with Crippen LogP contribution in [0.25, 0.3) is 0 Å². The second-order valence-corrected chi connectivity index (χ2v) is 7.30. The lowest BCUT2D eigenvalue weighted by Crippen LogP contribution is -2.47. The van der Waals surface area contributed by atoms with Gasteiger partial charge in [-0.15, -0.1) is 0 Å². The first-order valence-electron chi connectivity index (χ1n) is 7.56. The van der Waals surface area contributed by atoms with Gasteiger partial charge in [0.1, 0.15) is 0 Å². The summed E-state index contributed by atoms with van der Waals surface area (Å²) in [6.07, 6.45) is 4.23. The van der Waals surface area contributed by atoms with Crippen LogP contribution >= 0.6 is 15.9 Å². The highest BCUT2D eigenvalue weighted by Crippen LogP contribution is 2.37. The Kier molecular flexibility index (Phi) is 4.34. The first kappa shape index (κ1) is 14.4. The second kappa shape index (κ2) is 6.04. The van der Waals surface area contributed by atoms with E-state index in [0.717, 1.165) is 30.4 Å². The van der Waals surface area contributed by atoms with Crippen LogP contribution in [0.5, 0.6) is 0 Å². The normalized spacial score (nSPS) is 28.4. The molecule has 3 atom stereocenters. The highest BCUT2D eigenvalue weighted by atomic mass is 79.9. The van der Waals surface area contributed by atoms with Crippen LogP contribution < -0.4 is 10.6 Å². The zero-order valence-electron chi connectivity index (χ0n) is 11.7. The number of piperidine rings is 1. The van der Waals surface area contributed by atoms with Crippen LogP contribution in [-0.4, -0.2) is 30.3 Å². The van der Waals surface area contributed by atoms with Gasteiger partial charge in [-0.05, 0) is 55.7 Å². The van der Waals surface area contributed by atoms with Crippen molar-refractivity contribution in [2.75, 3.05) is 18.0 Å². The summed E-state index contributed by atoms with van der Waals surface area (Å²) >= 11 is 3.53. The van der Waals surface area contributed by atoms with Crippen molar-refractivity contribution in [3.63, 3.8) is 0 Å². The van der Waals surface area contributed by atoms with Crippen LogP contribution in [0, 0.1) is 11.8 Å². The van der Waals surface area contributed by atoms with Crippen LogP contribution in [0.4, 0.5) is 5.69 Å². The van der Waals surface area contributed by atoms with Crippen molar-refractivity contribution in [3.05, 3.63) is 28.7 Å². The molecule has 1 aliphatic carbocycles. The largest absolute Gasteiger partial charge is 0.393 e. The first-order valence-corrected chi connectivity index (χ1v) is 8.35. The molecular formula is C16H23BrN2O. The van der Waals surface area contributed by atoms with E-state index in [1.807, 2.05) is 6.07 Å². The molecule has 3 unspecified atom stereocenters. The Morgan fingerprint density at radius 3 is 2.85 bits per heavy atom. The average Bonchev–Trinajstić information content (AvgIpc) is 3.22. The van der Waals surface area contributed by atoms with Gasteiger partial charge in [-0.25, -0.2) is 0 Å². The Morgan fingerprint density at radius 2 is 2.15 bits per heavy atom. The van der Waals surface area contributed by atoms with E-state index in [2.05, 4.69) is 39.0 Å². The van der Waals surface area contributed by atoms with E-state index in [-0.39, 0.29) is 12.1 Å². The number of halogens is 1. The molecule has 20 heavy (non-hydrogen) atoms. The molecule has 3 rings (SSSR count). The summed E-state index contributed by atoms with van der Waals surface area (Å²) in [5.41, 5.74) is 7.45. The standard InChI is InChI=1S/C16H23BrN2O/c17-13-2-1-3-15(8-13)19-9-11(6-14(18)10-19)7-16(20)12-4-5-12/h1-3,8,11-12,14,16,20H,4-7,9-10,18H2. The lowest BCUT2D eigenvalue weighted by Gasteiger charge is -2.38. The Bertz CT molecular complexity index is 464. The maximum absolute atomic E-state index is 10.2. The topological polar surface area (TPSA) is 49.5 Å². The van der Waals surface area contributed by atoms with Gasteiger partial charge in [0.05, 0.1) is 6.10 Å². The van der Waals surface area contributed by atoms with Crippen molar-refractivity contribution in [1.29, 1.82) is 0 Å². The maximum Gasteiger partial charge on any atom is 0.0571 e. The third-order valence-corrected chi connectivity index (χ3v) is 4.98. The third-order valence-electron chi connectivity index (χ3n) is 4.48. The molecule has 1 saturated heterocycles. The van der Waals surface area contributed by atoms with Crippen molar-refractivity contribution >= 4 is 21.6 Å². The van der Waals surface area contributed by atoms with E-state index in [1.54, 1.807) is 0 Å². The van der Waals surface area contributed by atoms with E-state index in [1.165, 1.54) is 18.5 Å². The quantitative estimate of drug-likeness (QED) is 0.887. The number of aliphatic hydroxyl groups is 1. The lowest BCUT2D eigenvalue weighted by atomic mass is 9.88. The third kappa shape index (κ3) is 3.54. The van der Waals surface area contributed by atoms with Gasteiger partial charge in [-0.1, -0.05) is 22.0 Å². The average molecular weight is 339 g/mol. The zero-order valence-corrected chi connectivity index (χ0v) is 13.3. The number of anilines is 1. The monoisotopic (exact) mass is 338 g/mol. The SMILES string of the molecule is NC1CC(CC(O)C2CC2)CN(c2cccc(Br)c2)C1. The highest BCUT2D eigenvalue weighted by Gasteiger charge is 2.34. The van der Waals surface area contributed by atoms with E-state index >= 15 is 0 Å². The minimum atomic E-state index is -0.116. The Hall–Kier alpha value is -0.580. The van der Waals surface area contributed by atoms with Gasteiger partial charge in [-0.2, -0.15) is 0 Å². The van der Waals surface area contributed by atoms with Crippen LogP contribution in [0.2, 0.25) is 0 Å². The van der Waals surface area contributed by atoms with Crippen molar-refractivity contribution in [2.45, 2.75) is 37.8 Å². The molecular weight excluding hydrogens is 316 g/mol. The number of nitrogens with zero attached hydrogens (tertiary/aromatic N) is 1. The Morgan fingerprint density at radius 1 is 1.35 bits per heavy atom. The van der Waals surface area contributed by atoms with Crippen LogP contribution in [0.1, 0.15) is 25.7 Å². The molecule has 0 spiro atoms. The van der Waals surface area contributed by atoms with Crippen molar-refractivity contribution in [1.82, 2.24) is 0 Å². The van der Waals surface area contributed by atoms with Crippen LogP contribution in [0.3, 0.4) is 0 Å². The highest BCUT2D eigenvalue weighted by molar-refractivity contribution is 9.10.